The molecule has 0 bridgehead atoms. The summed E-state index contributed by atoms with van der Waals surface area (Å²) in [4.78, 5) is 51.7. The molecule has 1 N–H and O–H groups in total. The van der Waals surface area contributed by atoms with Crippen molar-refractivity contribution in [2.45, 2.75) is 27.2 Å². The van der Waals surface area contributed by atoms with E-state index in [-0.39, 0.29) is 27.8 Å². The number of hydrogen-bond donors (Lipinski definition) is 1. The molecule has 202 valence electrons. The number of benzene rings is 2. The van der Waals surface area contributed by atoms with E-state index < -0.39 is 29.6 Å². The van der Waals surface area contributed by atoms with Gasteiger partial charge in [0.2, 0.25) is 5.91 Å². The molecule has 0 spiro atoms. The molecule has 3 aromatic rings. The molecule has 0 radical (unpaired) electrons. The van der Waals surface area contributed by atoms with Gasteiger partial charge >= 0.3 is 5.97 Å². The van der Waals surface area contributed by atoms with Gasteiger partial charge in [0.1, 0.15) is 6.54 Å². The molecule has 3 amide bonds. The Morgan fingerprint density at radius 1 is 1.05 bits per heavy atom. The van der Waals surface area contributed by atoms with Crippen LogP contribution in [-0.4, -0.2) is 45.6 Å². The van der Waals surface area contributed by atoms with Gasteiger partial charge in [-0.05, 0) is 92.2 Å². The number of ether oxygens (including phenoxy) is 1. The number of carbonyl (C=O) groups excluding carboxylic acids is 4. The van der Waals surface area contributed by atoms with Crippen molar-refractivity contribution >= 4 is 69.8 Å². The SMILES string of the molecule is CCCOC(=O)c1cc(NC(=O)CN2C(=O)S/C(=C/c3cc(C)n(-c4ccc(Cl)cc4)c3C)C2=O)ccc1Cl. The fourth-order valence-electron chi connectivity index (χ4n) is 4.07. The molecule has 1 aliphatic rings. The van der Waals surface area contributed by atoms with E-state index in [0.717, 1.165) is 39.3 Å². The number of nitrogens with zero attached hydrogens (tertiary/aromatic N) is 2. The first kappa shape index (κ1) is 28.5. The van der Waals surface area contributed by atoms with E-state index in [9.17, 15) is 19.2 Å². The standard InChI is InChI=1S/C28H25Cl2N3O5S/c1-4-11-38-27(36)22-14-20(7-10-23(22)30)31-25(34)15-32-26(35)24(39-28(32)37)13-18-12-16(2)33(17(18)3)21-8-5-19(29)6-9-21/h5-10,12-14H,4,11,15H2,1-3H3,(H,31,34)/b24-13+. The fourth-order valence-corrected chi connectivity index (χ4v) is 5.22. The lowest BCUT2D eigenvalue weighted by Crippen LogP contribution is -2.36. The normalized spacial score (nSPS) is 14.3. The molecule has 2 heterocycles. The summed E-state index contributed by atoms with van der Waals surface area (Å²) < 4.78 is 7.14. The zero-order valence-corrected chi connectivity index (χ0v) is 23.7. The van der Waals surface area contributed by atoms with E-state index >= 15 is 0 Å². The molecule has 1 saturated heterocycles. The Morgan fingerprint density at radius 3 is 2.46 bits per heavy atom. The van der Waals surface area contributed by atoms with Gasteiger partial charge in [0, 0.05) is 27.8 Å². The molecule has 2 aromatic carbocycles. The quantitative estimate of drug-likeness (QED) is 0.235. The van der Waals surface area contributed by atoms with Crippen LogP contribution in [0.15, 0.2) is 53.4 Å². The first-order valence-electron chi connectivity index (χ1n) is 12.1. The van der Waals surface area contributed by atoms with E-state index in [1.165, 1.54) is 18.2 Å². The molecule has 39 heavy (non-hydrogen) atoms. The maximum absolute atomic E-state index is 13.0. The van der Waals surface area contributed by atoms with Gasteiger partial charge in [-0.2, -0.15) is 0 Å². The summed E-state index contributed by atoms with van der Waals surface area (Å²) in [6.07, 6.45) is 2.31. The highest BCUT2D eigenvalue weighted by Gasteiger charge is 2.36. The average Bonchev–Trinajstić information content (AvgIpc) is 3.32. The Bertz CT molecular complexity index is 1500. The van der Waals surface area contributed by atoms with E-state index in [2.05, 4.69) is 5.32 Å². The number of nitrogens with one attached hydrogen (secondary N) is 1. The van der Waals surface area contributed by atoms with E-state index in [0.29, 0.717) is 11.4 Å². The third-order valence-electron chi connectivity index (χ3n) is 5.92. The van der Waals surface area contributed by atoms with Crippen molar-refractivity contribution in [3.05, 3.63) is 86.0 Å². The molecule has 1 aliphatic heterocycles. The maximum Gasteiger partial charge on any atom is 0.339 e. The molecule has 0 unspecified atom stereocenters. The summed E-state index contributed by atoms with van der Waals surface area (Å²) in [5.74, 6) is -1.77. The molecule has 1 fully saturated rings. The first-order chi connectivity index (χ1) is 18.6. The van der Waals surface area contributed by atoms with Gasteiger partial charge < -0.3 is 14.6 Å². The largest absolute Gasteiger partial charge is 0.462 e. The number of anilines is 1. The van der Waals surface area contributed by atoms with Crippen molar-refractivity contribution in [1.29, 1.82) is 0 Å². The Balaban J connectivity index is 1.47. The van der Waals surface area contributed by atoms with Gasteiger partial charge in [-0.15, -0.1) is 0 Å². The summed E-state index contributed by atoms with van der Waals surface area (Å²) in [6.45, 7) is 5.49. The second kappa shape index (κ2) is 12.1. The molecule has 4 rings (SSSR count). The van der Waals surface area contributed by atoms with Crippen molar-refractivity contribution < 1.29 is 23.9 Å². The summed E-state index contributed by atoms with van der Waals surface area (Å²) in [7, 11) is 0. The number of rotatable bonds is 8. The van der Waals surface area contributed by atoms with Gasteiger partial charge in [-0.1, -0.05) is 30.1 Å². The average molecular weight is 586 g/mol. The summed E-state index contributed by atoms with van der Waals surface area (Å²) in [6, 6.07) is 13.7. The zero-order chi connectivity index (χ0) is 28.3. The predicted molar refractivity (Wildman–Crippen MR) is 154 cm³/mol. The Hall–Kier alpha value is -3.53. The number of imide groups is 1. The van der Waals surface area contributed by atoms with Crippen LogP contribution in [0.4, 0.5) is 10.5 Å². The zero-order valence-electron chi connectivity index (χ0n) is 21.4. The second-order valence-corrected chi connectivity index (χ2v) is 10.6. The molecular formula is C28H25Cl2N3O5S. The number of carbonyl (C=O) groups is 4. The number of hydrogen-bond acceptors (Lipinski definition) is 6. The third-order valence-corrected chi connectivity index (χ3v) is 7.41. The lowest BCUT2D eigenvalue weighted by Gasteiger charge is -2.13. The van der Waals surface area contributed by atoms with E-state index in [1.54, 1.807) is 18.2 Å². The molecule has 8 nitrogen and oxygen atoms in total. The summed E-state index contributed by atoms with van der Waals surface area (Å²) in [5, 5.41) is 2.86. The molecule has 0 atom stereocenters. The van der Waals surface area contributed by atoms with Crippen LogP contribution < -0.4 is 5.32 Å². The Morgan fingerprint density at radius 2 is 1.77 bits per heavy atom. The van der Waals surface area contributed by atoms with Crippen LogP contribution in [0.25, 0.3) is 11.8 Å². The molecule has 1 aromatic heterocycles. The van der Waals surface area contributed by atoms with Crippen molar-refractivity contribution in [1.82, 2.24) is 9.47 Å². The minimum Gasteiger partial charge on any atom is -0.462 e. The van der Waals surface area contributed by atoms with Crippen LogP contribution >= 0.6 is 35.0 Å². The summed E-state index contributed by atoms with van der Waals surface area (Å²) >= 11 is 12.9. The lowest BCUT2D eigenvalue weighted by atomic mass is 10.2. The number of aryl methyl sites for hydroxylation is 1. The van der Waals surface area contributed by atoms with E-state index in [4.69, 9.17) is 27.9 Å². The smallest absolute Gasteiger partial charge is 0.339 e. The first-order valence-corrected chi connectivity index (χ1v) is 13.6. The Kier molecular flexibility index (Phi) is 8.84. The second-order valence-electron chi connectivity index (χ2n) is 8.78. The van der Waals surface area contributed by atoms with Gasteiger partial charge in [-0.25, -0.2) is 4.79 Å². The molecular weight excluding hydrogens is 561 g/mol. The number of halogens is 2. The Labute approximate surface area is 239 Å². The number of amides is 3. The highest BCUT2D eigenvalue weighted by Crippen LogP contribution is 2.34. The predicted octanol–water partition coefficient (Wildman–Crippen LogP) is 6.64. The topological polar surface area (TPSA) is 97.7 Å². The lowest BCUT2D eigenvalue weighted by molar-refractivity contribution is -0.127. The third kappa shape index (κ3) is 6.38. The molecule has 0 saturated carbocycles. The number of esters is 1. The molecule has 11 heteroatoms. The highest BCUT2D eigenvalue weighted by atomic mass is 35.5. The maximum atomic E-state index is 13.0. The monoisotopic (exact) mass is 585 g/mol. The van der Waals surface area contributed by atoms with Crippen LogP contribution in [0.5, 0.6) is 0 Å². The minimum absolute atomic E-state index is 0.105. The van der Waals surface area contributed by atoms with Crippen LogP contribution in [0.2, 0.25) is 10.0 Å². The van der Waals surface area contributed by atoms with Crippen molar-refractivity contribution in [3.63, 3.8) is 0 Å². The highest BCUT2D eigenvalue weighted by molar-refractivity contribution is 8.18. The number of aromatic nitrogens is 1. The number of thioether (sulfide) groups is 1. The van der Waals surface area contributed by atoms with Gasteiger partial charge in [-0.3, -0.25) is 19.3 Å². The summed E-state index contributed by atoms with van der Waals surface area (Å²) in [5.41, 5.74) is 3.91. The van der Waals surface area contributed by atoms with Gasteiger partial charge in [0.05, 0.1) is 22.1 Å². The van der Waals surface area contributed by atoms with Crippen LogP contribution in [-0.2, 0) is 14.3 Å². The van der Waals surface area contributed by atoms with Crippen molar-refractivity contribution in [2.24, 2.45) is 0 Å². The fraction of sp³-hybridized carbons (Fsp3) is 0.214. The van der Waals surface area contributed by atoms with Crippen molar-refractivity contribution in [2.75, 3.05) is 18.5 Å². The minimum atomic E-state index is -0.607. The van der Waals surface area contributed by atoms with Gasteiger partial charge in [0.15, 0.2) is 0 Å². The van der Waals surface area contributed by atoms with Crippen LogP contribution in [0.1, 0.15) is 40.7 Å². The van der Waals surface area contributed by atoms with E-state index in [1.807, 2.05) is 43.5 Å². The van der Waals surface area contributed by atoms with Crippen LogP contribution in [0, 0.1) is 13.8 Å². The van der Waals surface area contributed by atoms with Crippen molar-refractivity contribution in [3.8, 4) is 5.69 Å². The van der Waals surface area contributed by atoms with Gasteiger partial charge in [0.25, 0.3) is 11.1 Å². The molecule has 0 aliphatic carbocycles. The van der Waals surface area contributed by atoms with Crippen LogP contribution in [0.3, 0.4) is 0 Å².